The summed E-state index contributed by atoms with van der Waals surface area (Å²) in [5, 5.41) is 0. The lowest BCUT2D eigenvalue weighted by Gasteiger charge is -2.17. The predicted octanol–water partition coefficient (Wildman–Crippen LogP) is 2.01. The first-order valence-electron chi connectivity index (χ1n) is 8.08. The van der Waals surface area contributed by atoms with Crippen molar-refractivity contribution < 1.29 is 4.79 Å². The van der Waals surface area contributed by atoms with Crippen LogP contribution in [0.15, 0.2) is 65.7 Å². The van der Waals surface area contributed by atoms with Crippen LogP contribution in [0.4, 0.5) is 5.95 Å². The van der Waals surface area contributed by atoms with Crippen molar-refractivity contribution in [2.45, 2.75) is 6.54 Å². The number of nitrogens with zero attached hydrogens (tertiary/aromatic N) is 4. The lowest BCUT2D eigenvalue weighted by atomic mass is 10.1. The van der Waals surface area contributed by atoms with Crippen molar-refractivity contribution in [3.05, 3.63) is 76.8 Å². The number of aromatic nitrogens is 3. The maximum absolute atomic E-state index is 12.5. The summed E-state index contributed by atoms with van der Waals surface area (Å²) >= 11 is 0. The van der Waals surface area contributed by atoms with Crippen LogP contribution >= 0.6 is 0 Å². The van der Waals surface area contributed by atoms with E-state index in [9.17, 15) is 9.59 Å². The van der Waals surface area contributed by atoms with Crippen LogP contribution in [-0.2, 0) is 6.54 Å². The van der Waals surface area contributed by atoms with E-state index in [1.807, 2.05) is 35.2 Å². The number of benzene rings is 1. The molecule has 2 aromatic heterocycles. The van der Waals surface area contributed by atoms with Gasteiger partial charge < -0.3 is 4.90 Å². The first kappa shape index (κ1) is 15.3. The normalized spacial score (nSPS) is 12.9. The summed E-state index contributed by atoms with van der Waals surface area (Å²) < 4.78 is 1.61. The molecule has 4 rings (SSSR count). The molecule has 0 fully saturated rings. The van der Waals surface area contributed by atoms with Crippen molar-refractivity contribution in [1.82, 2.24) is 14.5 Å². The van der Waals surface area contributed by atoms with Crippen molar-refractivity contribution in [3.8, 4) is 11.3 Å². The number of carbonyl (C=O) groups excluding carboxylic acids is 1. The highest BCUT2D eigenvalue weighted by Gasteiger charge is 2.24. The molecule has 0 aliphatic carbocycles. The third-order valence-electron chi connectivity index (χ3n) is 4.27. The Balaban J connectivity index is 1.66. The van der Waals surface area contributed by atoms with Crippen molar-refractivity contribution >= 4 is 11.7 Å². The summed E-state index contributed by atoms with van der Waals surface area (Å²) in [6.07, 6.45) is 3.33. The molecule has 0 saturated heterocycles. The van der Waals surface area contributed by atoms with E-state index in [1.54, 1.807) is 29.1 Å². The quantitative estimate of drug-likeness (QED) is 0.684. The molecule has 0 atom stereocenters. The summed E-state index contributed by atoms with van der Waals surface area (Å²) in [4.78, 5) is 35.4. The molecular formula is C19H16N4O2. The first-order valence-corrected chi connectivity index (χ1v) is 8.08. The smallest absolute Gasteiger partial charge is 0.255 e. The SMILES string of the molecule is O=C(CN1CCn2c1nc(-c1ccncc1)cc2=O)c1ccccc1. The van der Waals surface area contributed by atoms with Gasteiger partial charge in [-0.15, -0.1) is 0 Å². The molecule has 6 heteroatoms. The number of rotatable bonds is 4. The second kappa shape index (κ2) is 6.32. The maximum atomic E-state index is 12.5. The fraction of sp³-hybridized carbons (Fsp3) is 0.158. The number of pyridine rings is 1. The third kappa shape index (κ3) is 2.94. The van der Waals surface area contributed by atoms with Crippen molar-refractivity contribution in [1.29, 1.82) is 0 Å². The zero-order valence-electron chi connectivity index (χ0n) is 13.5. The van der Waals surface area contributed by atoms with Crippen molar-refractivity contribution in [3.63, 3.8) is 0 Å². The Morgan fingerprint density at radius 1 is 1.04 bits per heavy atom. The minimum Gasteiger partial charge on any atom is -0.333 e. The number of carbonyl (C=O) groups is 1. The fourth-order valence-corrected chi connectivity index (χ4v) is 2.98. The molecule has 0 unspecified atom stereocenters. The Hall–Kier alpha value is -3.28. The summed E-state index contributed by atoms with van der Waals surface area (Å²) in [7, 11) is 0. The highest BCUT2D eigenvalue weighted by molar-refractivity contribution is 5.99. The van der Waals surface area contributed by atoms with E-state index < -0.39 is 0 Å². The fourth-order valence-electron chi connectivity index (χ4n) is 2.98. The summed E-state index contributed by atoms with van der Waals surface area (Å²) in [6.45, 7) is 1.34. The minimum atomic E-state index is -0.105. The highest BCUT2D eigenvalue weighted by atomic mass is 16.1. The minimum absolute atomic E-state index is 0.0117. The molecule has 3 aromatic rings. The van der Waals surface area contributed by atoms with E-state index in [1.165, 1.54) is 6.07 Å². The van der Waals surface area contributed by atoms with Gasteiger partial charge in [-0.3, -0.25) is 19.1 Å². The third-order valence-corrected chi connectivity index (χ3v) is 4.27. The van der Waals surface area contributed by atoms with Crippen LogP contribution in [0.1, 0.15) is 10.4 Å². The van der Waals surface area contributed by atoms with Gasteiger partial charge in [-0.1, -0.05) is 30.3 Å². The first-order chi connectivity index (χ1) is 12.2. The molecule has 1 aliphatic rings. The maximum Gasteiger partial charge on any atom is 0.255 e. The lowest BCUT2D eigenvalue weighted by molar-refractivity contribution is 0.0999. The molecule has 0 amide bonds. The zero-order valence-corrected chi connectivity index (χ0v) is 13.5. The molecular weight excluding hydrogens is 316 g/mol. The molecule has 1 aliphatic heterocycles. The van der Waals surface area contributed by atoms with E-state index in [0.29, 0.717) is 30.3 Å². The van der Waals surface area contributed by atoms with Gasteiger partial charge in [0.25, 0.3) is 5.56 Å². The Bertz CT molecular complexity index is 968. The Morgan fingerprint density at radius 3 is 2.56 bits per heavy atom. The molecule has 6 nitrogen and oxygen atoms in total. The van der Waals surface area contributed by atoms with E-state index in [-0.39, 0.29) is 17.9 Å². The molecule has 0 spiro atoms. The second-order valence-corrected chi connectivity index (χ2v) is 5.88. The van der Waals surface area contributed by atoms with Crippen LogP contribution in [0.3, 0.4) is 0 Å². The van der Waals surface area contributed by atoms with Gasteiger partial charge >= 0.3 is 0 Å². The molecule has 25 heavy (non-hydrogen) atoms. The average molecular weight is 332 g/mol. The lowest BCUT2D eigenvalue weighted by Crippen LogP contribution is -2.29. The van der Waals surface area contributed by atoms with Crippen LogP contribution in [0.5, 0.6) is 0 Å². The number of Topliss-reactive ketones (excluding diaryl/α,β-unsaturated/α-hetero) is 1. The highest BCUT2D eigenvalue weighted by Crippen LogP contribution is 2.22. The van der Waals surface area contributed by atoms with Gasteiger partial charge in [0.05, 0.1) is 12.2 Å². The van der Waals surface area contributed by atoms with Gasteiger partial charge in [-0.25, -0.2) is 4.98 Å². The number of fused-ring (bicyclic) bond motifs is 1. The average Bonchev–Trinajstić information content (AvgIpc) is 3.06. The van der Waals surface area contributed by atoms with Gasteiger partial charge in [0, 0.05) is 42.7 Å². The number of hydrogen-bond donors (Lipinski definition) is 0. The van der Waals surface area contributed by atoms with Gasteiger partial charge in [0.2, 0.25) is 5.95 Å². The predicted molar refractivity (Wildman–Crippen MR) is 94.7 cm³/mol. The summed E-state index contributed by atoms with van der Waals surface area (Å²) in [5.74, 6) is 0.557. The molecule has 0 bridgehead atoms. The van der Waals surface area contributed by atoms with Crippen LogP contribution in [0.25, 0.3) is 11.3 Å². The van der Waals surface area contributed by atoms with E-state index in [0.717, 1.165) is 5.56 Å². The Kier molecular flexibility index (Phi) is 3.85. The van der Waals surface area contributed by atoms with Gasteiger partial charge in [-0.2, -0.15) is 0 Å². The largest absolute Gasteiger partial charge is 0.333 e. The van der Waals surface area contributed by atoms with E-state index in [2.05, 4.69) is 9.97 Å². The van der Waals surface area contributed by atoms with Gasteiger partial charge in [0.15, 0.2) is 5.78 Å². The molecule has 3 heterocycles. The van der Waals surface area contributed by atoms with Crippen molar-refractivity contribution in [2.24, 2.45) is 0 Å². The standard InChI is InChI=1S/C19H16N4O2/c24-17(15-4-2-1-3-5-15)13-22-10-11-23-18(25)12-16(21-19(22)23)14-6-8-20-9-7-14/h1-9,12H,10-11,13H2. The monoisotopic (exact) mass is 332 g/mol. The zero-order chi connectivity index (χ0) is 17.2. The van der Waals surface area contributed by atoms with Crippen LogP contribution < -0.4 is 10.5 Å². The summed E-state index contributed by atoms with van der Waals surface area (Å²) in [6, 6.07) is 14.3. The van der Waals surface area contributed by atoms with Crippen molar-refractivity contribution in [2.75, 3.05) is 18.0 Å². The summed E-state index contributed by atoms with van der Waals surface area (Å²) in [5.41, 5.74) is 1.98. The number of hydrogen-bond acceptors (Lipinski definition) is 5. The van der Waals surface area contributed by atoms with Crippen LogP contribution in [-0.4, -0.2) is 33.4 Å². The number of anilines is 1. The van der Waals surface area contributed by atoms with Gasteiger partial charge in [-0.05, 0) is 12.1 Å². The molecule has 0 N–H and O–H groups in total. The molecule has 1 aromatic carbocycles. The molecule has 124 valence electrons. The Labute approximate surface area is 144 Å². The van der Waals surface area contributed by atoms with Crippen LogP contribution in [0, 0.1) is 0 Å². The second-order valence-electron chi connectivity index (χ2n) is 5.88. The van der Waals surface area contributed by atoms with E-state index >= 15 is 0 Å². The molecule has 0 saturated carbocycles. The molecule has 0 radical (unpaired) electrons. The van der Waals surface area contributed by atoms with Crippen LogP contribution in [0.2, 0.25) is 0 Å². The topological polar surface area (TPSA) is 68.1 Å². The Morgan fingerprint density at radius 2 is 1.80 bits per heavy atom. The number of ketones is 1. The van der Waals surface area contributed by atoms with E-state index in [4.69, 9.17) is 0 Å². The van der Waals surface area contributed by atoms with Gasteiger partial charge in [0.1, 0.15) is 0 Å².